The highest BCUT2D eigenvalue weighted by molar-refractivity contribution is 7.77. The van der Waals surface area contributed by atoms with Crippen molar-refractivity contribution in [2.45, 2.75) is 13.0 Å². The lowest BCUT2D eigenvalue weighted by Crippen LogP contribution is -2.37. The number of anilines is 3. The third-order valence-corrected chi connectivity index (χ3v) is 6.03. The molecule has 3 aromatic heterocycles. The van der Waals surface area contributed by atoms with Gasteiger partial charge < -0.3 is 24.2 Å². The Morgan fingerprint density at radius 2 is 1.92 bits per heavy atom. The molecule has 0 spiro atoms. The lowest BCUT2D eigenvalue weighted by Gasteiger charge is -2.27. The number of alkyl halides is 2. The molecule has 0 saturated carbocycles. The maximum atomic E-state index is 14.2. The first-order valence-corrected chi connectivity index (χ1v) is 12.5. The molecule has 1 atom stereocenters. The summed E-state index contributed by atoms with van der Waals surface area (Å²) in [6, 6.07) is 8.22. The largest absolute Gasteiger partial charge is 0.760 e. The van der Waals surface area contributed by atoms with E-state index >= 15 is 0 Å². The van der Waals surface area contributed by atoms with Crippen molar-refractivity contribution in [3.05, 3.63) is 48.0 Å². The number of fused-ring (bicyclic) bond motifs is 1. The van der Waals surface area contributed by atoms with Gasteiger partial charge in [0.2, 0.25) is 17.8 Å². The van der Waals surface area contributed by atoms with Crippen molar-refractivity contribution < 1.29 is 27.0 Å². The molecule has 0 amide bonds. The van der Waals surface area contributed by atoms with Crippen molar-refractivity contribution in [2.75, 3.05) is 43.6 Å². The highest BCUT2D eigenvalue weighted by atomic mass is 32.2. The number of methoxy groups -OCH3 is 1. The van der Waals surface area contributed by atoms with Crippen molar-refractivity contribution in [1.82, 2.24) is 34.2 Å². The number of nitrogens with one attached hydrogen (secondary N) is 2. The quantitative estimate of drug-likeness (QED) is 0.296. The summed E-state index contributed by atoms with van der Waals surface area (Å²) in [5, 5.41) is 3.03. The molecule has 4 aromatic rings. The van der Waals surface area contributed by atoms with E-state index in [2.05, 4.69) is 35.0 Å². The molecule has 4 heterocycles. The SMILES string of the molecule is COc1cccc2c1nc(C(F)F)n2-c1nc(Nc2ccc(CNS(=O)[O-])nc2)nc(N2CCOCC2)n1. The van der Waals surface area contributed by atoms with Crippen molar-refractivity contribution in [3.8, 4) is 11.7 Å². The van der Waals surface area contributed by atoms with Gasteiger partial charge in [-0.3, -0.25) is 13.8 Å². The molecule has 1 aliphatic heterocycles. The summed E-state index contributed by atoms with van der Waals surface area (Å²) in [6.45, 7) is 1.97. The summed E-state index contributed by atoms with van der Waals surface area (Å²) in [7, 11) is 1.44. The number of hydrogen-bond acceptors (Lipinski definition) is 11. The molecular formula is C22H22F2N9O4S-. The van der Waals surface area contributed by atoms with Gasteiger partial charge in [0.05, 0.1) is 43.4 Å². The molecular weight excluding hydrogens is 524 g/mol. The minimum atomic E-state index is -2.92. The Morgan fingerprint density at radius 3 is 2.61 bits per heavy atom. The summed E-state index contributed by atoms with van der Waals surface area (Å²) >= 11 is -2.41. The first kappa shape index (κ1) is 25.8. The molecule has 38 heavy (non-hydrogen) atoms. The zero-order valence-corrected chi connectivity index (χ0v) is 20.8. The third-order valence-electron chi connectivity index (χ3n) is 5.65. The number of nitrogens with zero attached hydrogens (tertiary/aromatic N) is 7. The van der Waals surface area contributed by atoms with Crippen molar-refractivity contribution in [1.29, 1.82) is 0 Å². The maximum absolute atomic E-state index is 14.2. The zero-order valence-electron chi connectivity index (χ0n) is 20.0. The average Bonchev–Trinajstić information content (AvgIpc) is 3.33. The molecule has 0 radical (unpaired) electrons. The summed E-state index contributed by atoms with van der Waals surface area (Å²) in [6.07, 6.45) is -1.44. The van der Waals surface area contributed by atoms with E-state index in [4.69, 9.17) is 9.47 Å². The second kappa shape index (κ2) is 11.3. The van der Waals surface area contributed by atoms with Crippen LogP contribution in [0.15, 0.2) is 36.5 Å². The van der Waals surface area contributed by atoms with E-state index in [1.165, 1.54) is 17.9 Å². The van der Waals surface area contributed by atoms with Crippen LogP contribution >= 0.6 is 0 Å². The molecule has 2 N–H and O–H groups in total. The number of halogens is 2. The van der Waals surface area contributed by atoms with E-state index < -0.39 is 23.5 Å². The van der Waals surface area contributed by atoms with Crippen molar-refractivity contribution in [2.24, 2.45) is 0 Å². The predicted octanol–water partition coefficient (Wildman–Crippen LogP) is 2.02. The molecule has 0 aliphatic carbocycles. The Balaban J connectivity index is 1.57. The Morgan fingerprint density at radius 1 is 1.13 bits per heavy atom. The van der Waals surface area contributed by atoms with E-state index in [0.29, 0.717) is 49.0 Å². The average molecular weight is 547 g/mol. The molecule has 1 saturated heterocycles. The predicted molar refractivity (Wildman–Crippen MR) is 132 cm³/mol. The van der Waals surface area contributed by atoms with E-state index in [1.54, 1.807) is 30.3 Å². The lowest BCUT2D eigenvalue weighted by atomic mass is 10.3. The number of morpholine rings is 1. The van der Waals surface area contributed by atoms with Crippen LogP contribution in [0.4, 0.5) is 26.4 Å². The first-order chi connectivity index (χ1) is 18.4. The van der Waals surface area contributed by atoms with E-state index in [0.717, 1.165) is 0 Å². The number of imidazole rings is 1. The Kier molecular flexibility index (Phi) is 7.64. The second-order valence-corrected chi connectivity index (χ2v) is 8.77. The lowest BCUT2D eigenvalue weighted by molar-refractivity contribution is 0.122. The van der Waals surface area contributed by atoms with Crippen LogP contribution in [0.3, 0.4) is 0 Å². The van der Waals surface area contributed by atoms with Gasteiger partial charge in [-0.25, -0.2) is 18.5 Å². The van der Waals surface area contributed by atoms with Gasteiger partial charge in [-0.15, -0.1) is 0 Å². The number of pyridine rings is 1. The number of para-hydroxylation sites is 1. The van der Waals surface area contributed by atoms with E-state index in [9.17, 15) is 17.5 Å². The molecule has 1 fully saturated rings. The van der Waals surface area contributed by atoms with Gasteiger partial charge in [0.1, 0.15) is 11.3 Å². The van der Waals surface area contributed by atoms with Crippen LogP contribution in [-0.2, 0) is 22.5 Å². The van der Waals surface area contributed by atoms with Gasteiger partial charge in [-0.1, -0.05) is 6.07 Å². The zero-order chi connectivity index (χ0) is 26.6. The summed E-state index contributed by atoms with van der Waals surface area (Å²) in [4.78, 5) is 23.7. The van der Waals surface area contributed by atoms with Gasteiger partial charge in [0.25, 0.3) is 6.43 Å². The van der Waals surface area contributed by atoms with Crippen LogP contribution < -0.4 is 19.7 Å². The van der Waals surface area contributed by atoms with Crippen LogP contribution in [0.5, 0.6) is 5.75 Å². The van der Waals surface area contributed by atoms with Crippen LogP contribution in [-0.4, -0.2) is 71.7 Å². The molecule has 1 unspecified atom stereocenters. The number of rotatable bonds is 9. The van der Waals surface area contributed by atoms with Gasteiger partial charge in [-0.2, -0.15) is 15.0 Å². The Bertz CT molecular complexity index is 1450. The summed E-state index contributed by atoms with van der Waals surface area (Å²) in [5.74, 6) is 0.114. The molecule has 1 aromatic carbocycles. The van der Waals surface area contributed by atoms with Crippen LogP contribution in [0.2, 0.25) is 0 Å². The second-order valence-electron chi connectivity index (χ2n) is 8.01. The number of benzene rings is 1. The minimum absolute atomic E-state index is 0.0288. The molecule has 1 aliphatic rings. The molecule has 5 rings (SSSR count). The minimum Gasteiger partial charge on any atom is -0.760 e. The molecule has 200 valence electrons. The maximum Gasteiger partial charge on any atom is 0.296 e. The van der Waals surface area contributed by atoms with E-state index in [1.807, 2.05) is 4.90 Å². The number of aromatic nitrogens is 6. The molecule has 16 heteroatoms. The van der Waals surface area contributed by atoms with Gasteiger partial charge in [0, 0.05) is 30.9 Å². The normalized spacial score (nSPS) is 14.7. The number of hydrogen-bond donors (Lipinski definition) is 2. The van der Waals surface area contributed by atoms with Gasteiger partial charge in [-0.05, 0) is 24.3 Å². The Hall–Kier alpha value is -3.86. The van der Waals surface area contributed by atoms with Gasteiger partial charge in [0.15, 0.2) is 5.82 Å². The third kappa shape index (κ3) is 5.52. The summed E-state index contributed by atoms with van der Waals surface area (Å²) < 4.78 is 63.9. The Labute approximate surface area is 217 Å². The highest BCUT2D eigenvalue weighted by Crippen LogP contribution is 2.32. The fourth-order valence-corrected chi connectivity index (χ4v) is 4.16. The monoisotopic (exact) mass is 546 g/mol. The molecule has 13 nitrogen and oxygen atoms in total. The summed E-state index contributed by atoms with van der Waals surface area (Å²) in [5.41, 5.74) is 1.58. The molecule has 0 bridgehead atoms. The first-order valence-electron chi connectivity index (χ1n) is 11.4. The fourth-order valence-electron chi connectivity index (χ4n) is 3.89. The van der Waals surface area contributed by atoms with Crippen molar-refractivity contribution in [3.63, 3.8) is 0 Å². The van der Waals surface area contributed by atoms with E-state index in [-0.39, 0.29) is 29.9 Å². The van der Waals surface area contributed by atoms with Crippen LogP contribution in [0, 0.1) is 0 Å². The van der Waals surface area contributed by atoms with Gasteiger partial charge >= 0.3 is 0 Å². The standard InChI is InChI=1S/C22H23F2N9O4S/c1-36-16-4-2-3-15-17(16)28-19(18(23)24)33(15)22-30-20(29-21(31-22)32-7-9-37-10-8-32)27-14-6-5-13(25-11-14)12-26-38(34)35/h2-6,11,18,26H,7-10,12H2,1H3,(H,34,35)(H,27,29,30,31)/p-1. The fraction of sp³-hybridized carbons (Fsp3) is 0.318. The van der Waals surface area contributed by atoms with Crippen LogP contribution in [0.1, 0.15) is 17.9 Å². The van der Waals surface area contributed by atoms with Crippen molar-refractivity contribution >= 4 is 39.9 Å². The van der Waals surface area contributed by atoms with Crippen LogP contribution in [0.25, 0.3) is 17.0 Å². The topological polar surface area (TPSA) is 155 Å². The smallest absolute Gasteiger partial charge is 0.296 e. The number of ether oxygens (including phenoxy) is 2. The highest BCUT2D eigenvalue weighted by Gasteiger charge is 2.25.